The Bertz CT molecular complexity index is 362. The lowest BCUT2D eigenvalue weighted by Gasteiger charge is -2.21. The highest BCUT2D eigenvalue weighted by Gasteiger charge is 2.31. The Kier molecular flexibility index (Phi) is 15.0. The van der Waals surface area contributed by atoms with E-state index in [-0.39, 0.29) is 0 Å². The molecule has 0 aromatic heterocycles. The molecule has 1 aliphatic heterocycles. The molecule has 1 saturated heterocycles. The summed E-state index contributed by atoms with van der Waals surface area (Å²) in [5.74, 6) is -0.666. The quantitative estimate of drug-likeness (QED) is 0.481. The molecule has 0 aromatic carbocycles. The van der Waals surface area contributed by atoms with Crippen LogP contribution in [0.25, 0.3) is 0 Å². The zero-order valence-corrected chi connectivity index (χ0v) is 18.0. The van der Waals surface area contributed by atoms with Crippen LogP contribution in [0.5, 0.6) is 0 Å². The average molecular weight is 391 g/mol. The van der Waals surface area contributed by atoms with Crippen LogP contribution in [0.4, 0.5) is 0 Å². The van der Waals surface area contributed by atoms with E-state index in [1.54, 1.807) is 0 Å². The molecule has 2 unspecified atom stereocenters. The van der Waals surface area contributed by atoms with Crippen molar-refractivity contribution in [3.05, 3.63) is 0 Å². The van der Waals surface area contributed by atoms with E-state index in [9.17, 15) is 9.46 Å². The first kappa shape index (κ1) is 24.1. The number of hydrogen-bond donors (Lipinski definition) is 1. The van der Waals surface area contributed by atoms with Crippen molar-refractivity contribution in [3.8, 4) is 0 Å². The molecular formula is C21H43O4P. The van der Waals surface area contributed by atoms with Crippen LogP contribution in [0.3, 0.4) is 0 Å². The fourth-order valence-corrected chi connectivity index (χ4v) is 5.10. The van der Waals surface area contributed by atoms with Crippen LogP contribution in [0.15, 0.2) is 0 Å². The summed E-state index contributed by atoms with van der Waals surface area (Å²) in [4.78, 5) is 10.2. The molecule has 2 atom stereocenters. The predicted octanol–water partition coefficient (Wildman–Crippen LogP) is 7.20. The summed E-state index contributed by atoms with van der Waals surface area (Å²) in [6, 6.07) is 0. The van der Waals surface area contributed by atoms with Gasteiger partial charge in [-0.1, -0.05) is 103 Å². The highest BCUT2D eigenvalue weighted by Crippen LogP contribution is 2.49. The molecule has 0 spiro atoms. The highest BCUT2D eigenvalue weighted by molar-refractivity contribution is 7.53. The van der Waals surface area contributed by atoms with E-state index >= 15 is 0 Å². The third-order valence-electron chi connectivity index (χ3n) is 5.51. The van der Waals surface area contributed by atoms with Gasteiger partial charge in [0, 0.05) is 7.11 Å². The Labute approximate surface area is 162 Å². The smallest absolute Gasteiger partial charge is 0.356 e. The Hall–Kier alpha value is 0.110. The fraction of sp³-hybridized carbons (Fsp3) is 1.00. The standard InChI is InChI=1S/C21H43O4P/c1-24-21-19-17-15-13-11-9-7-5-3-2-4-6-8-10-12-14-16-18-20-25-26(21,22)23/h21H,2-20H2,1H3,(H,22,23). The molecule has 0 amide bonds. The molecule has 1 fully saturated rings. The van der Waals surface area contributed by atoms with Gasteiger partial charge in [0.25, 0.3) is 0 Å². The summed E-state index contributed by atoms with van der Waals surface area (Å²) in [6.07, 6.45) is 21.9. The summed E-state index contributed by atoms with van der Waals surface area (Å²) in [5, 5.41) is 0. The van der Waals surface area contributed by atoms with Crippen molar-refractivity contribution in [2.75, 3.05) is 13.7 Å². The third kappa shape index (κ3) is 12.5. The predicted molar refractivity (Wildman–Crippen MR) is 110 cm³/mol. The summed E-state index contributed by atoms with van der Waals surface area (Å²) in [6.45, 7) is 0.369. The molecule has 0 aromatic rings. The number of ether oxygens (including phenoxy) is 1. The second-order valence-electron chi connectivity index (χ2n) is 7.89. The zero-order chi connectivity index (χ0) is 18.9. The molecule has 5 heteroatoms. The van der Waals surface area contributed by atoms with Crippen molar-refractivity contribution in [2.24, 2.45) is 0 Å². The van der Waals surface area contributed by atoms with Gasteiger partial charge in [-0.25, -0.2) is 0 Å². The van der Waals surface area contributed by atoms with Crippen LogP contribution in [-0.4, -0.2) is 24.5 Å². The monoisotopic (exact) mass is 390 g/mol. The van der Waals surface area contributed by atoms with Gasteiger partial charge in [-0.15, -0.1) is 0 Å². The maximum absolute atomic E-state index is 12.4. The van der Waals surface area contributed by atoms with E-state index in [4.69, 9.17) is 9.26 Å². The minimum absolute atomic E-state index is 0.369. The molecule has 1 aliphatic rings. The molecule has 1 N–H and O–H groups in total. The molecule has 4 nitrogen and oxygen atoms in total. The molecule has 26 heavy (non-hydrogen) atoms. The van der Waals surface area contributed by atoms with E-state index in [0.29, 0.717) is 13.0 Å². The first-order chi connectivity index (χ1) is 12.7. The Balaban J connectivity index is 2.32. The van der Waals surface area contributed by atoms with Gasteiger partial charge in [-0.2, -0.15) is 0 Å². The van der Waals surface area contributed by atoms with Gasteiger partial charge < -0.3 is 14.2 Å². The molecule has 0 aliphatic carbocycles. The fourth-order valence-electron chi connectivity index (χ4n) is 3.77. The lowest BCUT2D eigenvalue weighted by Crippen LogP contribution is -2.13. The minimum Gasteiger partial charge on any atom is -0.369 e. The van der Waals surface area contributed by atoms with Gasteiger partial charge >= 0.3 is 7.60 Å². The first-order valence-corrected chi connectivity index (χ1v) is 12.8. The topological polar surface area (TPSA) is 55.8 Å². The lowest BCUT2D eigenvalue weighted by atomic mass is 10.0. The van der Waals surface area contributed by atoms with Crippen LogP contribution < -0.4 is 0 Å². The second kappa shape index (κ2) is 16.1. The van der Waals surface area contributed by atoms with Crippen molar-refractivity contribution in [1.82, 2.24) is 0 Å². The van der Waals surface area contributed by atoms with E-state index in [0.717, 1.165) is 25.7 Å². The van der Waals surface area contributed by atoms with E-state index < -0.39 is 13.4 Å². The van der Waals surface area contributed by atoms with Crippen molar-refractivity contribution >= 4 is 7.60 Å². The molecule has 156 valence electrons. The van der Waals surface area contributed by atoms with Crippen LogP contribution in [0.1, 0.15) is 116 Å². The first-order valence-electron chi connectivity index (χ1n) is 11.2. The molecular weight excluding hydrogens is 347 g/mol. The van der Waals surface area contributed by atoms with E-state index in [1.807, 2.05) is 0 Å². The van der Waals surface area contributed by atoms with Crippen molar-refractivity contribution in [3.63, 3.8) is 0 Å². The number of hydrogen-bond acceptors (Lipinski definition) is 3. The summed E-state index contributed by atoms with van der Waals surface area (Å²) in [7, 11) is -2.14. The zero-order valence-electron chi connectivity index (χ0n) is 17.1. The van der Waals surface area contributed by atoms with E-state index in [1.165, 1.54) is 90.6 Å². The highest BCUT2D eigenvalue weighted by atomic mass is 31.2. The summed E-state index contributed by atoms with van der Waals surface area (Å²) >= 11 is 0. The van der Waals surface area contributed by atoms with Gasteiger partial charge in [-0.3, -0.25) is 4.57 Å². The Morgan fingerprint density at radius 2 is 1.04 bits per heavy atom. The van der Waals surface area contributed by atoms with Crippen LogP contribution in [-0.2, 0) is 13.8 Å². The lowest BCUT2D eigenvalue weighted by molar-refractivity contribution is 0.113. The molecule has 0 radical (unpaired) electrons. The van der Waals surface area contributed by atoms with Crippen molar-refractivity contribution in [1.29, 1.82) is 0 Å². The molecule has 1 rings (SSSR count). The Morgan fingerprint density at radius 3 is 1.42 bits per heavy atom. The molecule has 0 saturated carbocycles. The van der Waals surface area contributed by atoms with Gasteiger partial charge in [0.2, 0.25) is 0 Å². The van der Waals surface area contributed by atoms with Gasteiger partial charge in [0.1, 0.15) is 0 Å². The normalized spacial score (nSPS) is 30.8. The van der Waals surface area contributed by atoms with E-state index in [2.05, 4.69) is 0 Å². The average Bonchev–Trinajstić information content (AvgIpc) is 2.62. The van der Waals surface area contributed by atoms with Gasteiger partial charge in [0.15, 0.2) is 5.85 Å². The third-order valence-corrected chi connectivity index (χ3v) is 7.26. The summed E-state index contributed by atoms with van der Waals surface area (Å²) in [5.41, 5.74) is 0. The Morgan fingerprint density at radius 1 is 0.692 bits per heavy atom. The van der Waals surface area contributed by atoms with Crippen LogP contribution in [0.2, 0.25) is 0 Å². The van der Waals surface area contributed by atoms with Crippen molar-refractivity contribution in [2.45, 2.75) is 121 Å². The van der Waals surface area contributed by atoms with Gasteiger partial charge in [0.05, 0.1) is 6.61 Å². The largest absolute Gasteiger partial charge is 0.369 e. The SMILES string of the molecule is COC1CCCCCCCCCCCCCCCCCCCOP1(=O)O. The summed E-state index contributed by atoms with van der Waals surface area (Å²) < 4.78 is 23.0. The minimum atomic E-state index is -3.65. The van der Waals surface area contributed by atoms with Gasteiger partial charge in [-0.05, 0) is 12.8 Å². The van der Waals surface area contributed by atoms with Crippen LogP contribution in [0, 0.1) is 0 Å². The van der Waals surface area contributed by atoms with Crippen molar-refractivity contribution < 1.29 is 18.7 Å². The number of rotatable bonds is 1. The second-order valence-corrected chi connectivity index (χ2v) is 9.85. The molecule has 1 heterocycles. The maximum Gasteiger partial charge on any atom is 0.356 e. The maximum atomic E-state index is 12.4. The van der Waals surface area contributed by atoms with Crippen LogP contribution >= 0.6 is 7.60 Å². The molecule has 0 bridgehead atoms. The number of methoxy groups -OCH3 is 1.